The number of aryl methyl sites for hydroxylation is 1. The van der Waals surface area contributed by atoms with E-state index >= 15 is 0 Å². The summed E-state index contributed by atoms with van der Waals surface area (Å²) in [6, 6.07) is 4.04. The van der Waals surface area contributed by atoms with Gasteiger partial charge in [0.25, 0.3) is 5.69 Å². The molecule has 0 saturated carbocycles. The van der Waals surface area contributed by atoms with Gasteiger partial charge in [-0.05, 0) is 31.9 Å². The average Bonchev–Trinajstić information content (AvgIpc) is 3.01. The third-order valence-electron chi connectivity index (χ3n) is 3.88. The first-order valence-corrected chi connectivity index (χ1v) is 7.00. The van der Waals surface area contributed by atoms with Gasteiger partial charge in [-0.3, -0.25) is 14.8 Å². The van der Waals surface area contributed by atoms with Crippen LogP contribution in [0.5, 0.6) is 0 Å². The van der Waals surface area contributed by atoms with Gasteiger partial charge < -0.3 is 4.90 Å². The molecule has 0 spiro atoms. The lowest BCUT2D eigenvalue weighted by Gasteiger charge is -2.33. The van der Waals surface area contributed by atoms with Gasteiger partial charge in [0.2, 0.25) is 0 Å². The zero-order chi connectivity index (χ0) is 14.8. The minimum Gasteiger partial charge on any atom is -0.354 e. The normalized spacial score (nSPS) is 18.7. The Morgan fingerprint density at radius 1 is 1.48 bits per heavy atom. The molecule has 7 heteroatoms. The minimum atomic E-state index is -0.394. The lowest BCUT2D eigenvalue weighted by Crippen LogP contribution is -2.37. The highest BCUT2D eigenvalue weighted by molar-refractivity contribution is 5.48. The van der Waals surface area contributed by atoms with E-state index in [1.165, 1.54) is 6.20 Å². The third-order valence-corrected chi connectivity index (χ3v) is 3.88. The summed E-state index contributed by atoms with van der Waals surface area (Å²) >= 11 is 0. The minimum absolute atomic E-state index is 0.0689. The number of nitro groups is 1. The van der Waals surface area contributed by atoms with Crippen LogP contribution in [-0.4, -0.2) is 32.8 Å². The van der Waals surface area contributed by atoms with E-state index in [1.54, 1.807) is 19.2 Å². The summed E-state index contributed by atoms with van der Waals surface area (Å²) < 4.78 is 1.98. The number of hydrogen-bond acceptors (Lipinski definition) is 5. The lowest BCUT2D eigenvalue weighted by molar-refractivity contribution is -0.385. The standard InChI is InChI=1S/C14H17N5O2/c1-11-8-14(15-9-13(11)19(20)21)17-6-2-4-12(10-17)18-7-3-5-16-18/h3,5,7-9,12H,2,4,6,10H2,1H3. The van der Waals surface area contributed by atoms with Crippen LogP contribution in [0.2, 0.25) is 0 Å². The molecule has 2 aromatic heterocycles. The van der Waals surface area contributed by atoms with E-state index in [9.17, 15) is 10.1 Å². The second kappa shape index (κ2) is 5.51. The Labute approximate surface area is 122 Å². The molecular weight excluding hydrogens is 270 g/mol. The fourth-order valence-corrected chi connectivity index (χ4v) is 2.77. The number of aromatic nitrogens is 3. The molecule has 2 aromatic rings. The molecule has 3 rings (SSSR count). The highest BCUT2D eigenvalue weighted by atomic mass is 16.6. The largest absolute Gasteiger partial charge is 0.354 e. The molecule has 1 fully saturated rings. The molecule has 1 aliphatic rings. The Morgan fingerprint density at radius 2 is 2.33 bits per heavy atom. The van der Waals surface area contributed by atoms with Gasteiger partial charge in [0.15, 0.2) is 0 Å². The molecule has 1 aliphatic heterocycles. The Hall–Kier alpha value is -2.44. The highest BCUT2D eigenvalue weighted by Gasteiger charge is 2.23. The molecule has 0 bridgehead atoms. The Kier molecular flexibility index (Phi) is 3.55. The summed E-state index contributed by atoms with van der Waals surface area (Å²) in [5.41, 5.74) is 0.714. The maximum absolute atomic E-state index is 10.9. The smallest absolute Gasteiger partial charge is 0.290 e. The van der Waals surface area contributed by atoms with Gasteiger partial charge >= 0.3 is 0 Å². The Morgan fingerprint density at radius 3 is 3.00 bits per heavy atom. The van der Waals surface area contributed by atoms with Crippen LogP contribution in [0, 0.1) is 17.0 Å². The number of anilines is 1. The van der Waals surface area contributed by atoms with Gasteiger partial charge in [0.1, 0.15) is 12.0 Å². The Balaban J connectivity index is 1.80. The maximum atomic E-state index is 10.9. The van der Waals surface area contributed by atoms with Crippen molar-refractivity contribution in [3.8, 4) is 0 Å². The van der Waals surface area contributed by atoms with Gasteiger partial charge in [-0.1, -0.05) is 0 Å². The number of rotatable bonds is 3. The van der Waals surface area contributed by atoms with E-state index in [4.69, 9.17) is 0 Å². The van der Waals surface area contributed by atoms with E-state index in [0.29, 0.717) is 11.6 Å². The molecule has 0 N–H and O–H groups in total. The van der Waals surface area contributed by atoms with Gasteiger partial charge in [0, 0.05) is 31.0 Å². The van der Waals surface area contributed by atoms with Crippen LogP contribution < -0.4 is 4.90 Å². The average molecular weight is 287 g/mol. The predicted molar refractivity (Wildman–Crippen MR) is 78.3 cm³/mol. The van der Waals surface area contributed by atoms with E-state index < -0.39 is 4.92 Å². The summed E-state index contributed by atoms with van der Waals surface area (Å²) in [6.45, 7) is 3.49. The quantitative estimate of drug-likeness (QED) is 0.639. The van der Waals surface area contributed by atoms with Crippen molar-refractivity contribution in [1.29, 1.82) is 0 Å². The zero-order valence-corrected chi connectivity index (χ0v) is 11.8. The van der Waals surface area contributed by atoms with Crippen molar-refractivity contribution in [2.75, 3.05) is 18.0 Å². The molecule has 3 heterocycles. The van der Waals surface area contributed by atoms with E-state index in [1.807, 2.05) is 16.9 Å². The molecule has 0 aromatic carbocycles. The van der Waals surface area contributed by atoms with E-state index in [2.05, 4.69) is 15.0 Å². The summed E-state index contributed by atoms with van der Waals surface area (Å²) in [4.78, 5) is 16.9. The van der Waals surface area contributed by atoms with Crippen LogP contribution in [0.25, 0.3) is 0 Å². The molecule has 7 nitrogen and oxygen atoms in total. The van der Waals surface area contributed by atoms with Gasteiger partial charge in [0.05, 0.1) is 11.0 Å². The van der Waals surface area contributed by atoms with Crippen LogP contribution in [-0.2, 0) is 0 Å². The fraction of sp³-hybridized carbons (Fsp3) is 0.429. The zero-order valence-electron chi connectivity index (χ0n) is 11.8. The second-order valence-electron chi connectivity index (χ2n) is 5.31. The van der Waals surface area contributed by atoms with Gasteiger partial charge in [-0.2, -0.15) is 5.10 Å². The fourth-order valence-electron chi connectivity index (χ4n) is 2.77. The molecular formula is C14H17N5O2. The van der Waals surface area contributed by atoms with Crippen molar-refractivity contribution < 1.29 is 4.92 Å². The lowest BCUT2D eigenvalue weighted by atomic mass is 10.1. The molecule has 1 unspecified atom stereocenters. The van der Waals surface area contributed by atoms with Crippen molar-refractivity contribution in [3.05, 3.63) is 46.4 Å². The van der Waals surface area contributed by atoms with Crippen molar-refractivity contribution in [2.45, 2.75) is 25.8 Å². The van der Waals surface area contributed by atoms with Crippen molar-refractivity contribution in [1.82, 2.24) is 14.8 Å². The maximum Gasteiger partial charge on any atom is 0.290 e. The molecule has 0 aliphatic carbocycles. The Bertz CT molecular complexity index is 641. The first kappa shape index (κ1) is 13.5. The first-order valence-electron chi connectivity index (χ1n) is 7.00. The van der Waals surface area contributed by atoms with Crippen LogP contribution in [0.15, 0.2) is 30.7 Å². The molecule has 1 saturated heterocycles. The second-order valence-corrected chi connectivity index (χ2v) is 5.31. The van der Waals surface area contributed by atoms with Gasteiger partial charge in [-0.25, -0.2) is 4.98 Å². The van der Waals surface area contributed by atoms with E-state index in [-0.39, 0.29) is 5.69 Å². The van der Waals surface area contributed by atoms with Crippen LogP contribution in [0.3, 0.4) is 0 Å². The summed E-state index contributed by atoms with van der Waals surface area (Å²) in [6.07, 6.45) is 7.25. The molecule has 0 amide bonds. The highest BCUT2D eigenvalue weighted by Crippen LogP contribution is 2.27. The SMILES string of the molecule is Cc1cc(N2CCCC(n3cccn3)C2)ncc1[N+](=O)[O-]. The summed E-state index contributed by atoms with van der Waals surface area (Å²) in [5, 5.41) is 15.2. The molecule has 21 heavy (non-hydrogen) atoms. The van der Waals surface area contributed by atoms with E-state index in [0.717, 1.165) is 31.7 Å². The van der Waals surface area contributed by atoms with Crippen LogP contribution in [0.1, 0.15) is 24.4 Å². The number of nitrogens with zero attached hydrogens (tertiary/aromatic N) is 5. The summed E-state index contributed by atoms with van der Waals surface area (Å²) in [5.74, 6) is 0.801. The third kappa shape index (κ3) is 2.72. The first-order chi connectivity index (χ1) is 10.1. The van der Waals surface area contributed by atoms with Crippen molar-refractivity contribution in [2.24, 2.45) is 0 Å². The molecule has 110 valence electrons. The van der Waals surface area contributed by atoms with Crippen LogP contribution in [0.4, 0.5) is 11.5 Å². The predicted octanol–water partition coefficient (Wildman–Crippen LogP) is 2.34. The van der Waals surface area contributed by atoms with Crippen molar-refractivity contribution in [3.63, 3.8) is 0 Å². The number of pyridine rings is 1. The topological polar surface area (TPSA) is 77.1 Å². The van der Waals surface area contributed by atoms with Gasteiger partial charge in [-0.15, -0.1) is 0 Å². The monoisotopic (exact) mass is 287 g/mol. The number of piperidine rings is 1. The molecule has 0 radical (unpaired) electrons. The van der Waals surface area contributed by atoms with Crippen LogP contribution >= 0.6 is 0 Å². The molecule has 1 atom stereocenters. The number of hydrogen-bond donors (Lipinski definition) is 0. The van der Waals surface area contributed by atoms with Crippen molar-refractivity contribution >= 4 is 11.5 Å². The summed E-state index contributed by atoms with van der Waals surface area (Å²) in [7, 11) is 0.